The zero-order chi connectivity index (χ0) is 14.1. The number of benzene rings is 1. The summed E-state index contributed by atoms with van der Waals surface area (Å²) in [5.74, 6) is 2.49. The number of nitrogens with zero attached hydrogens (tertiary/aromatic N) is 2. The van der Waals surface area contributed by atoms with Crippen molar-refractivity contribution in [3.05, 3.63) is 28.5 Å². The van der Waals surface area contributed by atoms with Crippen molar-refractivity contribution in [3.63, 3.8) is 0 Å². The minimum atomic E-state index is 0.571. The fourth-order valence-electron chi connectivity index (χ4n) is 3.43. The summed E-state index contributed by atoms with van der Waals surface area (Å²) in [6.07, 6.45) is 6.10. The molecule has 1 saturated carbocycles. The first kappa shape index (κ1) is 14.4. The van der Waals surface area contributed by atoms with Gasteiger partial charge in [-0.25, -0.2) is 4.98 Å². The van der Waals surface area contributed by atoms with E-state index in [0.717, 1.165) is 22.2 Å². The highest BCUT2D eigenvalue weighted by molar-refractivity contribution is 9.10. The van der Waals surface area contributed by atoms with Crippen molar-refractivity contribution < 1.29 is 0 Å². The van der Waals surface area contributed by atoms with Gasteiger partial charge in [-0.2, -0.15) is 0 Å². The SMILES string of the molecule is CC1CCCCC1n1c(CCCl)nc2ccc(Br)cc21. The lowest BCUT2D eigenvalue weighted by atomic mass is 9.85. The topological polar surface area (TPSA) is 17.8 Å². The second-order valence-electron chi connectivity index (χ2n) is 5.80. The lowest BCUT2D eigenvalue weighted by molar-refractivity contribution is 0.257. The van der Waals surface area contributed by atoms with Gasteiger partial charge in [0.1, 0.15) is 5.82 Å². The quantitative estimate of drug-likeness (QED) is 0.680. The van der Waals surface area contributed by atoms with Crippen molar-refractivity contribution in [2.75, 3.05) is 5.88 Å². The Hall–Kier alpha value is -0.540. The summed E-state index contributed by atoms with van der Waals surface area (Å²) in [6, 6.07) is 6.93. The van der Waals surface area contributed by atoms with E-state index >= 15 is 0 Å². The maximum absolute atomic E-state index is 5.98. The van der Waals surface area contributed by atoms with Crippen molar-refractivity contribution in [2.45, 2.75) is 45.1 Å². The first-order valence-electron chi connectivity index (χ1n) is 7.43. The molecule has 2 unspecified atom stereocenters. The molecule has 0 spiro atoms. The van der Waals surface area contributed by atoms with Crippen LogP contribution in [0.15, 0.2) is 22.7 Å². The predicted molar refractivity (Wildman–Crippen MR) is 88.5 cm³/mol. The van der Waals surface area contributed by atoms with Crippen molar-refractivity contribution in [2.24, 2.45) is 5.92 Å². The van der Waals surface area contributed by atoms with Gasteiger partial charge in [-0.15, -0.1) is 11.6 Å². The van der Waals surface area contributed by atoms with Gasteiger partial charge in [0, 0.05) is 22.8 Å². The number of imidazole rings is 1. The molecule has 0 bridgehead atoms. The highest BCUT2D eigenvalue weighted by Gasteiger charge is 2.26. The molecule has 1 aromatic carbocycles. The third-order valence-electron chi connectivity index (χ3n) is 4.44. The first-order chi connectivity index (χ1) is 9.70. The third kappa shape index (κ3) is 2.62. The van der Waals surface area contributed by atoms with E-state index in [4.69, 9.17) is 16.6 Å². The number of rotatable bonds is 3. The summed E-state index contributed by atoms with van der Waals surface area (Å²) in [5, 5.41) is 0. The van der Waals surface area contributed by atoms with E-state index in [2.05, 4.69) is 45.6 Å². The Morgan fingerprint density at radius 3 is 2.90 bits per heavy atom. The molecule has 0 saturated heterocycles. The van der Waals surface area contributed by atoms with Gasteiger partial charge in [0.15, 0.2) is 0 Å². The van der Waals surface area contributed by atoms with Crippen LogP contribution in [0.4, 0.5) is 0 Å². The highest BCUT2D eigenvalue weighted by atomic mass is 79.9. The molecule has 2 aromatic rings. The molecule has 0 N–H and O–H groups in total. The lowest BCUT2D eigenvalue weighted by Crippen LogP contribution is -2.23. The average molecular weight is 356 g/mol. The maximum Gasteiger partial charge on any atom is 0.111 e. The normalized spacial score (nSPS) is 23.4. The molecule has 1 aliphatic rings. The standard InChI is InChI=1S/C16H20BrClN2/c1-11-4-2-3-5-14(11)20-15-10-12(17)6-7-13(15)19-16(20)8-9-18/h6-7,10-11,14H,2-5,8-9H2,1H3. The Morgan fingerprint density at radius 1 is 1.35 bits per heavy atom. The van der Waals surface area contributed by atoms with Crippen LogP contribution in [0.5, 0.6) is 0 Å². The molecule has 4 heteroatoms. The van der Waals surface area contributed by atoms with E-state index in [1.807, 2.05) is 0 Å². The molecule has 0 radical (unpaired) electrons. The number of aryl methyl sites for hydroxylation is 1. The summed E-state index contributed by atoms with van der Waals surface area (Å²) < 4.78 is 3.58. The second kappa shape index (κ2) is 6.07. The Morgan fingerprint density at radius 2 is 2.15 bits per heavy atom. The number of fused-ring (bicyclic) bond motifs is 1. The number of halogens is 2. The van der Waals surface area contributed by atoms with Gasteiger partial charge in [-0.1, -0.05) is 35.7 Å². The number of hydrogen-bond donors (Lipinski definition) is 0. The van der Waals surface area contributed by atoms with Crippen LogP contribution in [-0.2, 0) is 6.42 Å². The zero-order valence-electron chi connectivity index (χ0n) is 11.8. The van der Waals surface area contributed by atoms with E-state index in [-0.39, 0.29) is 0 Å². The van der Waals surface area contributed by atoms with Gasteiger partial charge in [-0.05, 0) is 37.0 Å². The Bertz CT molecular complexity index is 608. The summed E-state index contributed by atoms with van der Waals surface area (Å²) >= 11 is 9.57. The van der Waals surface area contributed by atoms with Crippen LogP contribution >= 0.6 is 27.5 Å². The van der Waals surface area contributed by atoms with Crippen molar-refractivity contribution >= 4 is 38.6 Å². The van der Waals surface area contributed by atoms with E-state index in [1.54, 1.807) is 0 Å². The molecule has 1 heterocycles. The number of aromatic nitrogens is 2. The van der Waals surface area contributed by atoms with Crippen LogP contribution in [0, 0.1) is 5.92 Å². The second-order valence-corrected chi connectivity index (χ2v) is 7.09. The molecule has 1 aromatic heterocycles. The van der Waals surface area contributed by atoms with Gasteiger partial charge >= 0.3 is 0 Å². The largest absolute Gasteiger partial charge is 0.325 e. The molecule has 0 amide bonds. The molecule has 0 aliphatic heterocycles. The van der Waals surface area contributed by atoms with Crippen LogP contribution in [0.2, 0.25) is 0 Å². The fraction of sp³-hybridized carbons (Fsp3) is 0.562. The van der Waals surface area contributed by atoms with Crippen LogP contribution < -0.4 is 0 Å². The van der Waals surface area contributed by atoms with Gasteiger partial charge in [0.05, 0.1) is 11.0 Å². The Kier molecular flexibility index (Phi) is 4.37. The molecule has 2 nitrogen and oxygen atoms in total. The van der Waals surface area contributed by atoms with Crippen LogP contribution in [0.3, 0.4) is 0 Å². The molecular formula is C16H20BrClN2. The Labute approximate surface area is 133 Å². The summed E-state index contributed by atoms with van der Waals surface area (Å²) in [5.41, 5.74) is 2.34. The van der Waals surface area contributed by atoms with E-state index in [9.17, 15) is 0 Å². The molecular weight excluding hydrogens is 336 g/mol. The molecule has 108 valence electrons. The maximum atomic E-state index is 5.98. The molecule has 1 aliphatic carbocycles. The third-order valence-corrected chi connectivity index (χ3v) is 5.12. The van der Waals surface area contributed by atoms with Gasteiger partial charge in [0.2, 0.25) is 0 Å². The minimum Gasteiger partial charge on any atom is -0.325 e. The van der Waals surface area contributed by atoms with Crippen molar-refractivity contribution in [3.8, 4) is 0 Å². The number of alkyl halides is 1. The summed E-state index contributed by atoms with van der Waals surface area (Å²) in [4.78, 5) is 4.81. The molecule has 2 atom stereocenters. The molecule has 20 heavy (non-hydrogen) atoms. The van der Waals surface area contributed by atoms with E-state index in [0.29, 0.717) is 17.8 Å². The zero-order valence-corrected chi connectivity index (χ0v) is 14.1. The predicted octanol–water partition coefficient (Wildman–Crippen LogP) is 5.33. The summed E-state index contributed by atoms with van der Waals surface area (Å²) in [6.45, 7) is 2.37. The molecule has 1 fully saturated rings. The van der Waals surface area contributed by atoms with Crippen molar-refractivity contribution in [1.29, 1.82) is 0 Å². The lowest BCUT2D eigenvalue weighted by Gasteiger charge is -2.31. The number of hydrogen-bond acceptors (Lipinski definition) is 1. The Balaban J connectivity index is 2.14. The minimum absolute atomic E-state index is 0.571. The van der Waals surface area contributed by atoms with Gasteiger partial charge in [-0.3, -0.25) is 0 Å². The van der Waals surface area contributed by atoms with Gasteiger partial charge in [0.25, 0.3) is 0 Å². The summed E-state index contributed by atoms with van der Waals surface area (Å²) in [7, 11) is 0. The van der Waals surface area contributed by atoms with Crippen LogP contribution in [0.1, 0.15) is 44.5 Å². The smallest absolute Gasteiger partial charge is 0.111 e. The van der Waals surface area contributed by atoms with Crippen LogP contribution in [0.25, 0.3) is 11.0 Å². The highest BCUT2D eigenvalue weighted by Crippen LogP contribution is 2.37. The van der Waals surface area contributed by atoms with Crippen molar-refractivity contribution in [1.82, 2.24) is 9.55 Å². The fourth-order valence-corrected chi connectivity index (χ4v) is 3.95. The van der Waals surface area contributed by atoms with E-state index < -0.39 is 0 Å². The van der Waals surface area contributed by atoms with Gasteiger partial charge < -0.3 is 4.57 Å². The van der Waals surface area contributed by atoms with Crippen LogP contribution in [-0.4, -0.2) is 15.4 Å². The monoisotopic (exact) mass is 354 g/mol. The average Bonchev–Trinajstić information content (AvgIpc) is 2.77. The first-order valence-corrected chi connectivity index (χ1v) is 8.76. The molecule has 3 rings (SSSR count). The van der Waals surface area contributed by atoms with E-state index in [1.165, 1.54) is 31.2 Å².